The summed E-state index contributed by atoms with van der Waals surface area (Å²) in [7, 11) is -3.72. The molecule has 0 bridgehead atoms. The fraction of sp³-hybridized carbons (Fsp3) is 0.263. The zero-order valence-corrected chi connectivity index (χ0v) is 16.1. The number of nitriles is 1. The standard InChI is InChI=1S/C19H20N4O4S/c1-19(12-20,22-28(24,25)11-16-5-3-2-4-6-16)13-27-18-9-7-17(8-10-18)23-15-26-14-21-23/h2-10,14,22H,11,13,15H2,1H3. The van der Waals surface area contributed by atoms with Crippen molar-refractivity contribution in [3.63, 3.8) is 0 Å². The minimum absolute atomic E-state index is 0.137. The van der Waals surface area contributed by atoms with Gasteiger partial charge >= 0.3 is 0 Å². The first-order valence-electron chi connectivity index (χ1n) is 8.50. The van der Waals surface area contributed by atoms with E-state index < -0.39 is 15.6 Å². The summed E-state index contributed by atoms with van der Waals surface area (Å²) in [4.78, 5) is 0. The lowest BCUT2D eigenvalue weighted by Crippen LogP contribution is -2.49. The third-order valence-corrected chi connectivity index (χ3v) is 5.42. The van der Waals surface area contributed by atoms with Crippen molar-refractivity contribution < 1.29 is 17.9 Å². The molecular weight excluding hydrogens is 380 g/mol. The summed E-state index contributed by atoms with van der Waals surface area (Å²) in [6, 6.07) is 17.8. The molecule has 28 heavy (non-hydrogen) atoms. The van der Waals surface area contributed by atoms with Gasteiger partial charge in [0.05, 0.1) is 17.5 Å². The van der Waals surface area contributed by atoms with E-state index in [4.69, 9.17) is 9.47 Å². The first-order chi connectivity index (χ1) is 13.4. The molecule has 1 aliphatic rings. The number of hydrazone groups is 1. The SMILES string of the molecule is CC(C#N)(COc1ccc(N2COC=N2)cc1)NS(=O)(=O)Cc1ccccc1. The maximum Gasteiger partial charge on any atom is 0.217 e. The van der Waals surface area contributed by atoms with Gasteiger partial charge in [-0.15, -0.1) is 5.10 Å². The summed E-state index contributed by atoms with van der Waals surface area (Å²) in [5.41, 5.74) is 0.0624. The highest BCUT2D eigenvalue weighted by molar-refractivity contribution is 7.88. The molecule has 0 radical (unpaired) electrons. The van der Waals surface area contributed by atoms with Gasteiger partial charge in [-0.05, 0) is 36.8 Å². The number of hydrogen-bond donors (Lipinski definition) is 1. The highest BCUT2D eigenvalue weighted by atomic mass is 32.2. The number of sulfonamides is 1. The van der Waals surface area contributed by atoms with E-state index in [1.165, 1.54) is 13.3 Å². The third kappa shape index (κ3) is 5.22. The molecule has 0 aliphatic carbocycles. The molecule has 0 fully saturated rings. The Morgan fingerprint density at radius 3 is 2.57 bits per heavy atom. The molecule has 1 atom stereocenters. The topological polar surface area (TPSA) is 104 Å². The van der Waals surface area contributed by atoms with Crippen LogP contribution in [-0.2, 0) is 20.5 Å². The van der Waals surface area contributed by atoms with Crippen LogP contribution in [0.25, 0.3) is 0 Å². The fourth-order valence-electron chi connectivity index (χ4n) is 2.57. The maximum absolute atomic E-state index is 12.4. The molecule has 146 valence electrons. The predicted octanol–water partition coefficient (Wildman–Crippen LogP) is 2.20. The average molecular weight is 400 g/mol. The molecule has 2 aromatic carbocycles. The minimum Gasteiger partial charge on any atom is -0.491 e. The summed E-state index contributed by atoms with van der Waals surface area (Å²) < 4.78 is 38.0. The Kier molecular flexibility index (Phi) is 5.82. The molecule has 0 saturated heterocycles. The number of anilines is 1. The molecule has 3 rings (SSSR count). The van der Waals surface area contributed by atoms with E-state index in [1.54, 1.807) is 53.5 Å². The van der Waals surface area contributed by atoms with Gasteiger partial charge in [0.1, 0.15) is 12.4 Å². The van der Waals surface area contributed by atoms with Crippen molar-refractivity contribution in [2.75, 3.05) is 18.3 Å². The largest absolute Gasteiger partial charge is 0.491 e. The van der Waals surface area contributed by atoms with Crippen molar-refractivity contribution in [1.82, 2.24) is 4.72 Å². The van der Waals surface area contributed by atoms with Crippen LogP contribution >= 0.6 is 0 Å². The van der Waals surface area contributed by atoms with Gasteiger partial charge in [-0.25, -0.2) is 13.4 Å². The smallest absolute Gasteiger partial charge is 0.217 e. The number of rotatable bonds is 8. The van der Waals surface area contributed by atoms with Crippen molar-refractivity contribution in [2.45, 2.75) is 18.2 Å². The molecule has 1 aliphatic heterocycles. The first kappa shape index (κ1) is 19.7. The van der Waals surface area contributed by atoms with E-state index >= 15 is 0 Å². The van der Waals surface area contributed by atoms with E-state index in [9.17, 15) is 13.7 Å². The van der Waals surface area contributed by atoms with Crippen molar-refractivity contribution in [1.29, 1.82) is 5.26 Å². The Balaban J connectivity index is 1.60. The molecule has 1 unspecified atom stereocenters. The summed E-state index contributed by atoms with van der Waals surface area (Å²) in [6.45, 7) is 1.69. The first-order valence-corrected chi connectivity index (χ1v) is 10.2. The second-order valence-electron chi connectivity index (χ2n) is 6.49. The maximum atomic E-state index is 12.4. The third-order valence-electron chi connectivity index (χ3n) is 3.95. The van der Waals surface area contributed by atoms with Gasteiger partial charge in [0.2, 0.25) is 10.0 Å². The molecule has 1 heterocycles. The van der Waals surface area contributed by atoms with Gasteiger partial charge in [-0.3, -0.25) is 0 Å². The van der Waals surface area contributed by atoms with Crippen LogP contribution in [0.1, 0.15) is 12.5 Å². The predicted molar refractivity (Wildman–Crippen MR) is 105 cm³/mol. The monoisotopic (exact) mass is 400 g/mol. The van der Waals surface area contributed by atoms with Crippen molar-refractivity contribution >= 4 is 22.1 Å². The number of ether oxygens (including phenoxy) is 2. The lowest BCUT2D eigenvalue weighted by molar-refractivity contribution is 0.252. The summed E-state index contributed by atoms with van der Waals surface area (Å²) >= 11 is 0. The van der Waals surface area contributed by atoms with E-state index in [0.717, 1.165) is 5.69 Å². The highest BCUT2D eigenvalue weighted by Gasteiger charge is 2.31. The van der Waals surface area contributed by atoms with E-state index in [2.05, 4.69) is 9.82 Å². The van der Waals surface area contributed by atoms with Crippen LogP contribution in [-0.4, -0.2) is 33.7 Å². The van der Waals surface area contributed by atoms with Crippen LogP contribution in [0.15, 0.2) is 59.7 Å². The van der Waals surface area contributed by atoms with Crippen LogP contribution in [0.3, 0.4) is 0 Å². The van der Waals surface area contributed by atoms with Gasteiger partial charge in [0.15, 0.2) is 18.7 Å². The zero-order chi connectivity index (χ0) is 20.0. The van der Waals surface area contributed by atoms with Crippen molar-refractivity contribution in [3.8, 4) is 11.8 Å². The molecule has 1 N–H and O–H groups in total. The molecule has 0 amide bonds. The zero-order valence-electron chi connectivity index (χ0n) is 15.3. The van der Waals surface area contributed by atoms with Gasteiger partial charge < -0.3 is 9.47 Å². The molecule has 0 saturated carbocycles. The van der Waals surface area contributed by atoms with E-state index in [0.29, 0.717) is 18.0 Å². The van der Waals surface area contributed by atoms with Gasteiger partial charge in [-0.1, -0.05) is 30.3 Å². The fourth-order valence-corrected chi connectivity index (χ4v) is 4.06. The van der Waals surface area contributed by atoms with Crippen molar-refractivity contribution in [2.24, 2.45) is 5.10 Å². The average Bonchev–Trinajstić information content (AvgIpc) is 3.22. The second kappa shape index (κ2) is 8.29. The van der Waals surface area contributed by atoms with Crippen LogP contribution in [0.5, 0.6) is 5.75 Å². The van der Waals surface area contributed by atoms with Gasteiger partial charge in [0.25, 0.3) is 0 Å². The molecule has 2 aromatic rings. The van der Waals surface area contributed by atoms with Crippen LogP contribution in [0.4, 0.5) is 5.69 Å². The Bertz CT molecular complexity index is 971. The molecule has 0 aromatic heterocycles. The van der Waals surface area contributed by atoms with Gasteiger partial charge in [-0.2, -0.15) is 9.98 Å². The number of hydrogen-bond acceptors (Lipinski definition) is 7. The second-order valence-corrected chi connectivity index (χ2v) is 8.21. The quantitative estimate of drug-likeness (QED) is 0.729. The number of nitrogens with zero attached hydrogens (tertiary/aromatic N) is 3. The number of benzene rings is 2. The Morgan fingerprint density at radius 1 is 1.25 bits per heavy atom. The molecule has 0 spiro atoms. The molecular formula is C19H20N4O4S. The summed E-state index contributed by atoms with van der Waals surface area (Å²) in [5.74, 6) is 0.301. The van der Waals surface area contributed by atoms with E-state index in [-0.39, 0.29) is 12.4 Å². The molecule has 8 nitrogen and oxygen atoms in total. The summed E-state index contributed by atoms with van der Waals surface area (Å²) in [5, 5.41) is 15.2. The summed E-state index contributed by atoms with van der Waals surface area (Å²) in [6.07, 6.45) is 1.37. The van der Waals surface area contributed by atoms with Gasteiger partial charge in [0, 0.05) is 0 Å². The Morgan fingerprint density at radius 2 is 1.96 bits per heavy atom. The van der Waals surface area contributed by atoms with Crippen LogP contribution in [0.2, 0.25) is 0 Å². The Hall–Kier alpha value is -3.09. The lowest BCUT2D eigenvalue weighted by Gasteiger charge is -2.23. The van der Waals surface area contributed by atoms with Crippen LogP contribution < -0.4 is 14.5 Å². The number of nitrogens with one attached hydrogen (secondary N) is 1. The lowest BCUT2D eigenvalue weighted by atomic mass is 10.1. The minimum atomic E-state index is -3.72. The Labute approximate surface area is 164 Å². The normalized spacial score (nSPS) is 15.5. The highest BCUT2D eigenvalue weighted by Crippen LogP contribution is 2.22. The van der Waals surface area contributed by atoms with Crippen molar-refractivity contribution in [3.05, 3.63) is 60.2 Å². The molecule has 9 heteroatoms. The van der Waals surface area contributed by atoms with E-state index in [1.807, 2.05) is 12.1 Å². The van der Waals surface area contributed by atoms with Crippen LogP contribution in [0, 0.1) is 11.3 Å².